The lowest BCUT2D eigenvalue weighted by Gasteiger charge is -2.36. The van der Waals surface area contributed by atoms with Crippen LogP contribution >= 0.6 is 11.6 Å². The second kappa shape index (κ2) is 6.74. The van der Waals surface area contributed by atoms with Crippen molar-refractivity contribution in [1.82, 2.24) is 10.2 Å². The maximum Gasteiger partial charge on any atom is 0.573 e. The van der Waals surface area contributed by atoms with Crippen molar-refractivity contribution in [2.75, 3.05) is 26.2 Å². The number of alkyl halides is 6. The average Bonchev–Trinajstić information content (AvgIpc) is 2.40. The third-order valence-electron chi connectivity index (χ3n) is 3.32. The van der Waals surface area contributed by atoms with Crippen LogP contribution in [0.15, 0.2) is 18.2 Å². The first kappa shape index (κ1) is 18.2. The molecule has 1 aromatic carbocycles. The Kier molecular flexibility index (Phi) is 5.32. The molecule has 1 aromatic rings. The molecule has 23 heavy (non-hydrogen) atoms. The molecule has 130 valence electrons. The van der Waals surface area contributed by atoms with E-state index in [2.05, 4.69) is 10.1 Å². The summed E-state index contributed by atoms with van der Waals surface area (Å²) in [6.45, 7) is 1.14. The van der Waals surface area contributed by atoms with E-state index in [4.69, 9.17) is 11.6 Å². The molecule has 3 nitrogen and oxygen atoms in total. The molecule has 1 N–H and O–H groups in total. The minimum Gasteiger partial charge on any atom is -0.404 e. The van der Waals surface area contributed by atoms with Crippen LogP contribution in [0.3, 0.4) is 0 Å². The first-order valence-corrected chi connectivity index (χ1v) is 7.02. The molecule has 1 atom stereocenters. The van der Waals surface area contributed by atoms with E-state index in [0.717, 1.165) is 18.2 Å². The van der Waals surface area contributed by atoms with Gasteiger partial charge in [0, 0.05) is 26.2 Å². The van der Waals surface area contributed by atoms with Gasteiger partial charge in [-0.15, -0.1) is 13.2 Å². The van der Waals surface area contributed by atoms with Gasteiger partial charge in [-0.3, -0.25) is 4.90 Å². The molecule has 0 amide bonds. The zero-order valence-corrected chi connectivity index (χ0v) is 12.4. The SMILES string of the molecule is FC(F)(F)Oc1ccc([C@H](N2CCNCC2)C(F)(F)F)cc1Cl. The van der Waals surface area contributed by atoms with E-state index in [0.29, 0.717) is 13.1 Å². The number of halogens is 7. The first-order chi connectivity index (χ1) is 10.6. The predicted molar refractivity (Wildman–Crippen MR) is 71.4 cm³/mol. The Hall–Kier alpha value is -1.19. The lowest BCUT2D eigenvalue weighted by molar-refractivity contribution is -0.274. The summed E-state index contributed by atoms with van der Waals surface area (Å²) in [6.07, 6.45) is -9.54. The number of rotatable bonds is 3. The number of ether oxygens (including phenoxy) is 1. The second-order valence-corrected chi connectivity index (χ2v) is 5.37. The lowest BCUT2D eigenvalue weighted by atomic mass is 10.0. The van der Waals surface area contributed by atoms with Gasteiger partial charge in [0.15, 0.2) is 0 Å². The highest BCUT2D eigenvalue weighted by Gasteiger charge is 2.45. The van der Waals surface area contributed by atoms with Gasteiger partial charge in [-0.25, -0.2) is 0 Å². The monoisotopic (exact) mass is 362 g/mol. The van der Waals surface area contributed by atoms with Crippen molar-refractivity contribution in [2.24, 2.45) is 0 Å². The van der Waals surface area contributed by atoms with E-state index >= 15 is 0 Å². The molecule has 0 bridgehead atoms. The van der Waals surface area contributed by atoms with Crippen molar-refractivity contribution >= 4 is 11.6 Å². The standard InChI is InChI=1S/C13H13ClF6N2O/c14-9-7-8(1-2-10(9)23-13(18,19)20)11(12(15,16)17)22-5-3-21-4-6-22/h1-2,7,11,21H,3-6H2/t11-/m0/s1. The second-order valence-electron chi connectivity index (χ2n) is 4.97. The highest BCUT2D eigenvalue weighted by molar-refractivity contribution is 6.32. The van der Waals surface area contributed by atoms with Gasteiger partial charge < -0.3 is 10.1 Å². The fraction of sp³-hybridized carbons (Fsp3) is 0.538. The highest BCUT2D eigenvalue weighted by atomic mass is 35.5. The molecular weight excluding hydrogens is 350 g/mol. The zero-order valence-electron chi connectivity index (χ0n) is 11.6. The van der Waals surface area contributed by atoms with Gasteiger partial charge >= 0.3 is 12.5 Å². The molecule has 0 spiro atoms. The average molecular weight is 363 g/mol. The molecule has 1 heterocycles. The van der Waals surface area contributed by atoms with E-state index in [1.54, 1.807) is 0 Å². The predicted octanol–water partition coefficient (Wildman–Crippen LogP) is 3.75. The van der Waals surface area contributed by atoms with Crippen LogP contribution in [0.5, 0.6) is 5.75 Å². The van der Waals surface area contributed by atoms with Crippen molar-refractivity contribution in [3.63, 3.8) is 0 Å². The molecule has 1 saturated heterocycles. The summed E-state index contributed by atoms with van der Waals surface area (Å²) in [4.78, 5) is 1.21. The van der Waals surface area contributed by atoms with Crippen LogP contribution in [0.4, 0.5) is 26.3 Å². The van der Waals surface area contributed by atoms with Crippen molar-refractivity contribution < 1.29 is 31.1 Å². The molecule has 0 aliphatic carbocycles. The fourth-order valence-electron chi connectivity index (χ4n) is 2.44. The van der Waals surface area contributed by atoms with Crippen molar-refractivity contribution in [1.29, 1.82) is 0 Å². The summed E-state index contributed by atoms with van der Waals surface area (Å²) in [7, 11) is 0. The van der Waals surface area contributed by atoms with Gasteiger partial charge in [0.25, 0.3) is 0 Å². The van der Waals surface area contributed by atoms with Gasteiger partial charge in [0.2, 0.25) is 0 Å². The number of hydrogen-bond donors (Lipinski definition) is 1. The number of benzene rings is 1. The van der Waals surface area contributed by atoms with E-state index < -0.39 is 29.4 Å². The molecule has 0 saturated carbocycles. The Morgan fingerprint density at radius 2 is 1.70 bits per heavy atom. The molecular formula is C13H13ClF6N2O. The van der Waals surface area contributed by atoms with Crippen LogP contribution in [0.1, 0.15) is 11.6 Å². The van der Waals surface area contributed by atoms with Gasteiger partial charge in [-0.2, -0.15) is 13.2 Å². The lowest BCUT2D eigenvalue weighted by Crippen LogP contribution is -2.49. The smallest absolute Gasteiger partial charge is 0.404 e. The van der Waals surface area contributed by atoms with Crippen molar-refractivity contribution in [3.8, 4) is 5.75 Å². The van der Waals surface area contributed by atoms with E-state index in [1.165, 1.54) is 4.90 Å². The topological polar surface area (TPSA) is 24.5 Å². The number of nitrogens with zero attached hydrogens (tertiary/aromatic N) is 1. The van der Waals surface area contributed by atoms with Gasteiger partial charge in [0.05, 0.1) is 5.02 Å². The number of piperazine rings is 1. The fourth-order valence-corrected chi connectivity index (χ4v) is 2.67. The maximum absolute atomic E-state index is 13.4. The Morgan fingerprint density at radius 1 is 1.09 bits per heavy atom. The third-order valence-corrected chi connectivity index (χ3v) is 3.62. The van der Waals surface area contributed by atoms with Crippen LogP contribution in [-0.4, -0.2) is 43.6 Å². The molecule has 10 heteroatoms. The highest BCUT2D eigenvalue weighted by Crippen LogP contribution is 2.40. The summed E-state index contributed by atoms with van der Waals surface area (Å²) in [5.74, 6) is -0.732. The minimum absolute atomic E-state index is 0.169. The Morgan fingerprint density at radius 3 is 2.17 bits per heavy atom. The van der Waals surface area contributed by atoms with Gasteiger partial charge in [-0.1, -0.05) is 17.7 Å². The van der Waals surface area contributed by atoms with Crippen LogP contribution in [0.2, 0.25) is 5.02 Å². The maximum atomic E-state index is 13.4. The molecule has 2 rings (SSSR count). The van der Waals surface area contributed by atoms with Crippen molar-refractivity contribution in [2.45, 2.75) is 18.6 Å². The largest absolute Gasteiger partial charge is 0.573 e. The van der Waals surface area contributed by atoms with Crippen LogP contribution in [0, 0.1) is 0 Å². The van der Waals surface area contributed by atoms with Crippen LogP contribution in [-0.2, 0) is 0 Å². The molecule has 1 aliphatic rings. The summed E-state index contributed by atoms with van der Waals surface area (Å²) in [5.41, 5.74) is -0.223. The van der Waals surface area contributed by atoms with Crippen molar-refractivity contribution in [3.05, 3.63) is 28.8 Å². The van der Waals surface area contributed by atoms with Crippen LogP contribution in [0.25, 0.3) is 0 Å². The molecule has 0 aromatic heterocycles. The molecule has 0 radical (unpaired) electrons. The molecule has 0 unspecified atom stereocenters. The van der Waals surface area contributed by atoms with E-state index in [1.807, 2.05) is 0 Å². The normalized spacial score (nSPS) is 18.7. The first-order valence-electron chi connectivity index (χ1n) is 6.64. The van der Waals surface area contributed by atoms with E-state index in [9.17, 15) is 26.3 Å². The Bertz CT molecular complexity index is 542. The van der Waals surface area contributed by atoms with E-state index in [-0.39, 0.29) is 18.7 Å². The Labute approximate surface area is 133 Å². The summed E-state index contributed by atoms with van der Waals surface area (Å²) >= 11 is 5.65. The van der Waals surface area contributed by atoms with Gasteiger partial charge in [0.1, 0.15) is 11.8 Å². The summed E-state index contributed by atoms with van der Waals surface area (Å²) in [6, 6.07) is 0.684. The number of nitrogens with one attached hydrogen (secondary N) is 1. The van der Waals surface area contributed by atoms with Crippen LogP contribution < -0.4 is 10.1 Å². The van der Waals surface area contributed by atoms with Gasteiger partial charge in [-0.05, 0) is 17.7 Å². The molecule has 1 aliphatic heterocycles. The minimum atomic E-state index is -4.97. The number of hydrogen-bond acceptors (Lipinski definition) is 3. The third kappa shape index (κ3) is 4.89. The molecule has 1 fully saturated rings. The summed E-state index contributed by atoms with van der Waals surface area (Å²) < 4.78 is 80.3. The summed E-state index contributed by atoms with van der Waals surface area (Å²) in [5, 5.41) is 2.41. The zero-order chi connectivity index (χ0) is 17.3. The Balaban J connectivity index is 2.30. The quantitative estimate of drug-likeness (QED) is 0.829.